The topological polar surface area (TPSA) is 67.9 Å². The van der Waals surface area contributed by atoms with Crippen LogP contribution in [0.4, 0.5) is 11.4 Å². The Hall–Kier alpha value is -1.02. The van der Waals surface area contributed by atoms with Crippen molar-refractivity contribution in [2.75, 3.05) is 42.2 Å². The van der Waals surface area contributed by atoms with Crippen molar-refractivity contribution in [3.8, 4) is 0 Å². The van der Waals surface area contributed by atoms with Crippen molar-refractivity contribution >= 4 is 33.0 Å². The third kappa shape index (κ3) is 4.99. The van der Waals surface area contributed by atoms with Gasteiger partial charge < -0.3 is 14.4 Å². The van der Waals surface area contributed by atoms with Gasteiger partial charge in [0.05, 0.1) is 41.5 Å². The Morgan fingerprint density at radius 2 is 2.25 bits per heavy atom. The smallest absolute Gasteiger partial charge is 0.235 e. The summed E-state index contributed by atoms with van der Waals surface area (Å²) in [7, 11) is -1.98. The minimum Gasteiger partial charge on any atom is -0.380 e. The molecule has 0 spiro atoms. The van der Waals surface area contributed by atoms with Gasteiger partial charge in [0, 0.05) is 19.7 Å². The second kappa shape index (κ2) is 8.38. The molecule has 2 atom stereocenters. The van der Waals surface area contributed by atoms with Crippen molar-refractivity contribution in [1.29, 1.82) is 0 Å². The summed E-state index contributed by atoms with van der Waals surface area (Å²) >= 11 is 6.38. The number of sulfonamides is 1. The van der Waals surface area contributed by atoms with Crippen LogP contribution in [0.15, 0.2) is 18.2 Å². The molecule has 0 radical (unpaired) electrons. The largest absolute Gasteiger partial charge is 0.380 e. The van der Waals surface area contributed by atoms with Crippen LogP contribution in [0.25, 0.3) is 0 Å². The lowest BCUT2D eigenvalue weighted by Crippen LogP contribution is -2.43. The van der Waals surface area contributed by atoms with E-state index in [0.29, 0.717) is 30.3 Å². The molecule has 1 aliphatic heterocycles. The number of methoxy groups -OCH3 is 1. The van der Waals surface area contributed by atoms with E-state index < -0.39 is 10.0 Å². The Kier molecular flexibility index (Phi) is 6.74. The summed E-state index contributed by atoms with van der Waals surface area (Å²) in [5, 5.41) is 0.516. The fraction of sp³-hybridized carbons (Fsp3) is 0.625. The summed E-state index contributed by atoms with van der Waals surface area (Å²) in [6.07, 6.45) is 0.304. The van der Waals surface area contributed by atoms with Crippen LogP contribution in [-0.4, -0.2) is 53.2 Å². The zero-order chi connectivity index (χ0) is 17.7. The first-order valence-corrected chi connectivity index (χ1v) is 10.1. The molecule has 136 valence electrons. The van der Waals surface area contributed by atoms with Crippen molar-refractivity contribution in [3.05, 3.63) is 23.2 Å². The summed E-state index contributed by atoms with van der Waals surface area (Å²) in [4.78, 5) is 2.17. The molecule has 0 aromatic heterocycles. The van der Waals surface area contributed by atoms with E-state index in [4.69, 9.17) is 21.1 Å². The van der Waals surface area contributed by atoms with Gasteiger partial charge in [-0.05, 0) is 31.5 Å². The quantitative estimate of drug-likeness (QED) is 0.792. The predicted molar refractivity (Wildman–Crippen MR) is 97.6 cm³/mol. The van der Waals surface area contributed by atoms with Crippen LogP contribution in [0.2, 0.25) is 5.02 Å². The van der Waals surface area contributed by atoms with Gasteiger partial charge >= 0.3 is 0 Å². The van der Waals surface area contributed by atoms with Gasteiger partial charge in [-0.15, -0.1) is 0 Å². The molecule has 1 heterocycles. The van der Waals surface area contributed by atoms with Crippen molar-refractivity contribution in [2.45, 2.75) is 32.4 Å². The van der Waals surface area contributed by atoms with Crippen LogP contribution in [0.3, 0.4) is 0 Å². The van der Waals surface area contributed by atoms with E-state index in [-0.39, 0.29) is 17.9 Å². The number of benzene rings is 1. The summed E-state index contributed by atoms with van der Waals surface area (Å²) in [6.45, 7) is 6.03. The average Bonchev–Trinajstić information content (AvgIpc) is 2.53. The van der Waals surface area contributed by atoms with Gasteiger partial charge in [-0.1, -0.05) is 18.5 Å². The van der Waals surface area contributed by atoms with Gasteiger partial charge in [-0.2, -0.15) is 0 Å². The third-order valence-corrected chi connectivity index (χ3v) is 5.75. The second-order valence-electron chi connectivity index (χ2n) is 5.93. The third-order valence-electron chi connectivity index (χ3n) is 4.09. The molecular weight excluding hydrogens is 352 g/mol. The molecular formula is C16H25ClN2O4S. The highest BCUT2D eigenvalue weighted by Crippen LogP contribution is 2.31. The summed E-state index contributed by atoms with van der Waals surface area (Å²) in [6, 6.07) is 5.44. The molecule has 0 aliphatic carbocycles. The monoisotopic (exact) mass is 376 g/mol. The molecule has 1 N–H and O–H groups in total. The molecule has 0 saturated carbocycles. The summed E-state index contributed by atoms with van der Waals surface area (Å²) < 4.78 is 37.6. The highest BCUT2D eigenvalue weighted by molar-refractivity contribution is 7.92. The maximum atomic E-state index is 12.2. The first-order chi connectivity index (χ1) is 11.4. The van der Waals surface area contributed by atoms with Crippen LogP contribution >= 0.6 is 11.6 Å². The molecule has 1 aromatic carbocycles. The van der Waals surface area contributed by atoms with Crippen LogP contribution in [-0.2, 0) is 19.5 Å². The number of anilines is 2. The van der Waals surface area contributed by atoms with Crippen LogP contribution in [0.5, 0.6) is 0 Å². The zero-order valence-electron chi connectivity index (χ0n) is 14.3. The average molecular weight is 377 g/mol. The number of morpholine rings is 1. The number of ether oxygens (including phenoxy) is 2. The van der Waals surface area contributed by atoms with Crippen LogP contribution in [0, 0.1) is 0 Å². The van der Waals surface area contributed by atoms with Gasteiger partial charge in [0.25, 0.3) is 0 Å². The lowest BCUT2D eigenvalue weighted by Gasteiger charge is -2.35. The maximum absolute atomic E-state index is 12.2. The number of nitrogens with zero attached hydrogens (tertiary/aromatic N) is 1. The molecule has 8 heteroatoms. The van der Waals surface area contributed by atoms with Crippen molar-refractivity contribution < 1.29 is 17.9 Å². The highest BCUT2D eigenvalue weighted by Gasteiger charge is 2.22. The Balaban J connectivity index is 2.11. The molecule has 1 aliphatic rings. The van der Waals surface area contributed by atoms with Gasteiger partial charge in [0.15, 0.2) is 0 Å². The first kappa shape index (κ1) is 19.3. The Morgan fingerprint density at radius 3 is 2.83 bits per heavy atom. The van der Waals surface area contributed by atoms with E-state index in [2.05, 4.69) is 16.5 Å². The maximum Gasteiger partial charge on any atom is 0.235 e. The fourth-order valence-corrected chi connectivity index (χ4v) is 4.43. The van der Waals surface area contributed by atoms with Crippen molar-refractivity contribution in [1.82, 2.24) is 0 Å². The number of halogens is 1. The number of nitrogens with one attached hydrogen (secondary N) is 1. The molecule has 2 unspecified atom stereocenters. The van der Waals surface area contributed by atoms with E-state index in [1.54, 1.807) is 12.1 Å². The second-order valence-corrected chi connectivity index (χ2v) is 8.11. The highest BCUT2D eigenvalue weighted by atomic mass is 35.5. The molecule has 0 bridgehead atoms. The minimum atomic E-state index is -3.49. The van der Waals surface area contributed by atoms with Crippen molar-refractivity contribution in [2.24, 2.45) is 0 Å². The minimum absolute atomic E-state index is 0.0835. The van der Waals surface area contributed by atoms with Crippen LogP contribution < -0.4 is 9.62 Å². The molecule has 2 rings (SSSR count). The normalized spacial score (nSPS) is 20.0. The molecule has 1 aromatic rings. The Morgan fingerprint density at radius 1 is 1.50 bits per heavy atom. The molecule has 24 heavy (non-hydrogen) atoms. The molecule has 1 fully saturated rings. The number of hydrogen-bond acceptors (Lipinski definition) is 5. The predicted octanol–water partition coefficient (Wildman–Crippen LogP) is 2.73. The van der Waals surface area contributed by atoms with Gasteiger partial charge in [-0.3, -0.25) is 4.72 Å². The molecule has 1 saturated heterocycles. The van der Waals surface area contributed by atoms with Gasteiger partial charge in [0.2, 0.25) is 10.0 Å². The Bertz CT molecular complexity index is 649. The van der Waals surface area contributed by atoms with E-state index in [9.17, 15) is 8.42 Å². The molecule has 6 nitrogen and oxygen atoms in total. The molecule has 0 amide bonds. The summed E-state index contributed by atoms with van der Waals surface area (Å²) in [5.74, 6) is -0.0835. The van der Waals surface area contributed by atoms with E-state index in [0.717, 1.165) is 12.2 Å². The lowest BCUT2D eigenvalue weighted by molar-refractivity contribution is 0.0989. The van der Waals surface area contributed by atoms with Gasteiger partial charge in [0.1, 0.15) is 0 Å². The van der Waals surface area contributed by atoms with E-state index in [1.807, 2.05) is 13.0 Å². The van der Waals surface area contributed by atoms with E-state index in [1.165, 1.54) is 7.11 Å². The number of hydrogen-bond donors (Lipinski definition) is 1. The first-order valence-electron chi connectivity index (χ1n) is 8.03. The van der Waals surface area contributed by atoms with Crippen LogP contribution in [0.1, 0.15) is 20.3 Å². The lowest BCUT2D eigenvalue weighted by atomic mass is 10.2. The SMILES string of the molecule is CCC(CS(=O)(=O)Nc1ccc(N2CCOCC2C)c(Cl)c1)OC. The van der Waals surface area contributed by atoms with Crippen molar-refractivity contribution in [3.63, 3.8) is 0 Å². The van der Waals surface area contributed by atoms with E-state index >= 15 is 0 Å². The Labute approximate surface area is 149 Å². The fourth-order valence-electron chi connectivity index (χ4n) is 2.71. The van der Waals surface area contributed by atoms with Gasteiger partial charge in [-0.25, -0.2) is 8.42 Å². The summed E-state index contributed by atoms with van der Waals surface area (Å²) in [5.41, 5.74) is 1.34. The number of rotatable bonds is 7. The standard InChI is InChI=1S/C16H25ClN2O4S/c1-4-14(22-3)11-24(20,21)18-13-5-6-16(15(17)9-13)19-7-8-23-10-12(19)2/h5-6,9,12,14,18H,4,7-8,10-11H2,1-3H3. The zero-order valence-corrected chi connectivity index (χ0v) is 15.9.